The predicted molar refractivity (Wildman–Crippen MR) is 138 cm³/mol. The standard InChI is InChI=1S/C30H26F2N4O/c1-16-25(24(17-2-3-17)12-29(33)36-16)14-35-30(37)21-7-5-19-8-18-4-6-20(9-22(18)11-23(19)10-21)26-15-34-28(32)13-27(26)31/h4-7,9-10,12-13,15,17H,2-3,8,11,14H2,1H3,(H2,33,36)(H,35,37). The van der Waals surface area contributed by atoms with Gasteiger partial charge in [0.1, 0.15) is 11.6 Å². The first-order valence-electron chi connectivity index (χ1n) is 12.4. The van der Waals surface area contributed by atoms with Gasteiger partial charge >= 0.3 is 0 Å². The van der Waals surface area contributed by atoms with Crippen molar-refractivity contribution in [2.24, 2.45) is 0 Å². The number of nitrogens with one attached hydrogen (secondary N) is 1. The quantitative estimate of drug-likeness (QED) is 0.310. The van der Waals surface area contributed by atoms with E-state index in [4.69, 9.17) is 5.73 Å². The Kier molecular flexibility index (Phi) is 5.71. The molecular weight excluding hydrogens is 470 g/mol. The Morgan fingerprint density at radius 1 is 1.00 bits per heavy atom. The normalized spacial score (nSPS) is 14.1. The van der Waals surface area contributed by atoms with Gasteiger partial charge in [-0.15, -0.1) is 0 Å². The number of carbonyl (C=O) groups is 1. The molecule has 1 fully saturated rings. The van der Waals surface area contributed by atoms with E-state index in [2.05, 4.69) is 15.3 Å². The second kappa shape index (κ2) is 9.07. The van der Waals surface area contributed by atoms with E-state index >= 15 is 0 Å². The van der Waals surface area contributed by atoms with E-state index in [9.17, 15) is 13.6 Å². The summed E-state index contributed by atoms with van der Waals surface area (Å²) in [5.41, 5.74) is 15.0. The van der Waals surface area contributed by atoms with Gasteiger partial charge in [0.15, 0.2) is 0 Å². The van der Waals surface area contributed by atoms with Crippen LogP contribution in [0.15, 0.2) is 54.7 Å². The second-order valence-corrected chi connectivity index (χ2v) is 9.96. The lowest BCUT2D eigenvalue weighted by atomic mass is 9.84. The average molecular weight is 497 g/mol. The number of nitrogens with two attached hydrogens (primary N) is 1. The molecule has 6 rings (SSSR count). The van der Waals surface area contributed by atoms with Crippen LogP contribution in [0.5, 0.6) is 0 Å². The number of nitrogens with zero attached hydrogens (tertiary/aromatic N) is 2. The number of pyridine rings is 2. The minimum Gasteiger partial charge on any atom is -0.384 e. The monoisotopic (exact) mass is 496 g/mol. The molecule has 0 unspecified atom stereocenters. The molecule has 0 radical (unpaired) electrons. The number of hydrogen-bond donors (Lipinski definition) is 2. The molecule has 2 aromatic carbocycles. The zero-order chi connectivity index (χ0) is 25.7. The summed E-state index contributed by atoms with van der Waals surface area (Å²) < 4.78 is 27.6. The van der Waals surface area contributed by atoms with Crippen molar-refractivity contribution in [3.63, 3.8) is 0 Å². The van der Waals surface area contributed by atoms with Crippen LogP contribution in [0.3, 0.4) is 0 Å². The van der Waals surface area contributed by atoms with Gasteiger partial charge in [-0.2, -0.15) is 4.39 Å². The fraction of sp³-hybridized carbons (Fsp3) is 0.233. The molecule has 2 aliphatic rings. The Labute approximate surface area is 213 Å². The maximum absolute atomic E-state index is 14.3. The summed E-state index contributed by atoms with van der Waals surface area (Å²) in [6.45, 7) is 2.34. The Bertz CT molecular complexity index is 1560. The van der Waals surface area contributed by atoms with E-state index in [0.717, 1.165) is 53.3 Å². The first-order chi connectivity index (χ1) is 17.9. The average Bonchev–Trinajstić information content (AvgIpc) is 3.71. The number of amides is 1. The number of carbonyl (C=O) groups excluding carboxylic acids is 1. The molecule has 0 spiro atoms. The molecule has 1 saturated carbocycles. The molecule has 2 aliphatic carbocycles. The van der Waals surface area contributed by atoms with Gasteiger partial charge in [-0.25, -0.2) is 14.4 Å². The Hall–Kier alpha value is -4.13. The van der Waals surface area contributed by atoms with Crippen LogP contribution in [0.2, 0.25) is 0 Å². The summed E-state index contributed by atoms with van der Waals surface area (Å²) in [5.74, 6) is -0.598. The van der Waals surface area contributed by atoms with Crippen LogP contribution in [0.4, 0.5) is 14.6 Å². The molecule has 5 nitrogen and oxygen atoms in total. The third kappa shape index (κ3) is 4.57. The van der Waals surface area contributed by atoms with E-state index in [1.54, 1.807) is 0 Å². The van der Waals surface area contributed by atoms with Crippen LogP contribution in [-0.4, -0.2) is 15.9 Å². The van der Waals surface area contributed by atoms with Gasteiger partial charge < -0.3 is 11.1 Å². The van der Waals surface area contributed by atoms with Gasteiger partial charge in [0, 0.05) is 35.6 Å². The van der Waals surface area contributed by atoms with Crippen molar-refractivity contribution in [2.45, 2.75) is 45.1 Å². The van der Waals surface area contributed by atoms with Crippen molar-refractivity contribution in [1.82, 2.24) is 15.3 Å². The van der Waals surface area contributed by atoms with Gasteiger partial charge in [0.05, 0.1) is 0 Å². The largest absolute Gasteiger partial charge is 0.384 e. The molecule has 0 atom stereocenters. The molecule has 37 heavy (non-hydrogen) atoms. The number of benzene rings is 2. The molecule has 1 amide bonds. The minimum atomic E-state index is -0.842. The van der Waals surface area contributed by atoms with E-state index in [-0.39, 0.29) is 11.5 Å². The van der Waals surface area contributed by atoms with Gasteiger partial charge in [0.2, 0.25) is 5.95 Å². The van der Waals surface area contributed by atoms with Crippen molar-refractivity contribution in [3.05, 3.63) is 111 Å². The SMILES string of the molecule is Cc1nc(N)cc(C2CC2)c1CNC(=O)c1ccc2c(c1)Cc1cc(-c3cnc(F)cc3F)ccc1C2. The minimum absolute atomic E-state index is 0.139. The summed E-state index contributed by atoms with van der Waals surface area (Å²) in [6.07, 6.45) is 4.86. The molecule has 3 N–H and O–H groups in total. The van der Waals surface area contributed by atoms with Gasteiger partial charge in [-0.05, 0) is 95.7 Å². The third-order valence-corrected chi connectivity index (χ3v) is 7.40. The highest BCUT2D eigenvalue weighted by Gasteiger charge is 2.28. The number of nitrogen functional groups attached to an aromatic ring is 1. The lowest BCUT2D eigenvalue weighted by molar-refractivity contribution is 0.0950. The number of rotatable bonds is 5. The fourth-order valence-corrected chi connectivity index (χ4v) is 5.27. The second-order valence-electron chi connectivity index (χ2n) is 9.96. The van der Waals surface area contributed by atoms with Gasteiger partial charge in [0.25, 0.3) is 5.91 Å². The van der Waals surface area contributed by atoms with Crippen molar-refractivity contribution in [1.29, 1.82) is 0 Å². The van der Waals surface area contributed by atoms with Crippen LogP contribution < -0.4 is 11.1 Å². The van der Waals surface area contributed by atoms with E-state index in [0.29, 0.717) is 35.8 Å². The predicted octanol–water partition coefficient (Wildman–Crippen LogP) is 5.61. The molecule has 2 aromatic heterocycles. The van der Waals surface area contributed by atoms with Crippen LogP contribution in [-0.2, 0) is 19.4 Å². The first kappa shape index (κ1) is 23.3. The molecule has 4 aromatic rings. The highest BCUT2D eigenvalue weighted by molar-refractivity contribution is 5.94. The fourth-order valence-electron chi connectivity index (χ4n) is 5.27. The summed E-state index contributed by atoms with van der Waals surface area (Å²) in [6, 6.07) is 14.3. The Morgan fingerprint density at radius 2 is 1.73 bits per heavy atom. The number of fused-ring (bicyclic) bond motifs is 2. The molecule has 2 heterocycles. The van der Waals surface area contributed by atoms with Gasteiger partial charge in [-0.1, -0.05) is 24.3 Å². The van der Waals surface area contributed by atoms with E-state index in [1.165, 1.54) is 17.3 Å². The van der Waals surface area contributed by atoms with Crippen LogP contribution in [0.1, 0.15) is 68.2 Å². The van der Waals surface area contributed by atoms with Crippen molar-refractivity contribution < 1.29 is 13.6 Å². The number of anilines is 1. The molecule has 0 bridgehead atoms. The summed E-state index contributed by atoms with van der Waals surface area (Å²) in [5, 5.41) is 3.07. The van der Waals surface area contributed by atoms with Crippen molar-refractivity contribution >= 4 is 11.7 Å². The zero-order valence-corrected chi connectivity index (χ0v) is 20.4. The van der Waals surface area contributed by atoms with Crippen LogP contribution in [0.25, 0.3) is 11.1 Å². The topological polar surface area (TPSA) is 80.9 Å². The molecule has 186 valence electrons. The first-order valence-corrected chi connectivity index (χ1v) is 12.4. The highest BCUT2D eigenvalue weighted by atomic mass is 19.1. The van der Waals surface area contributed by atoms with Crippen LogP contribution >= 0.6 is 0 Å². The molecule has 0 saturated heterocycles. The number of aryl methyl sites for hydroxylation is 1. The molecule has 0 aliphatic heterocycles. The molecule has 7 heteroatoms. The number of halogens is 2. The number of aromatic nitrogens is 2. The number of hydrogen-bond acceptors (Lipinski definition) is 4. The zero-order valence-electron chi connectivity index (χ0n) is 20.4. The van der Waals surface area contributed by atoms with Crippen LogP contribution in [0, 0.1) is 18.7 Å². The maximum atomic E-state index is 14.3. The summed E-state index contributed by atoms with van der Waals surface area (Å²) in [7, 11) is 0. The van der Waals surface area contributed by atoms with Gasteiger partial charge in [-0.3, -0.25) is 4.79 Å². The lowest BCUT2D eigenvalue weighted by Crippen LogP contribution is -2.24. The van der Waals surface area contributed by atoms with Crippen molar-refractivity contribution in [3.8, 4) is 11.1 Å². The van der Waals surface area contributed by atoms with Crippen molar-refractivity contribution in [2.75, 3.05) is 5.73 Å². The van der Waals surface area contributed by atoms with E-state index in [1.807, 2.05) is 49.4 Å². The Balaban J connectivity index is 1.22. The summed E-state index contributed by atoms with van der Waals surface area (Å²) >= 11 is 0. The van der Waals surface area contributed by atoms with E-state index < -0.39 is 11.8 Å². The summed E-state index contributed by atoms with van der Waals surface area (Å²) in [4.78, 5) is 21.1. The maximum Gasteiger partial charge on any atom is 0.251 e. The Morgan fingerprint density at radius 3 is 2.49 bits per heavy atom. The third-order valence-electron chi connectivity index (χ3n) is 7.40. The smallest absolute Gasteiger partial charge is 0.251 e. The lowest BCUT2D eigenvalue weighted by Gasteiger charge is -2.21. The molecular formula is C30H26F2N4O. The highest BCUT2D eigenvalue weighted by Crippen LogP contribution is 2.42.